The van der Waals surface area contributed by atoms with Crippen LogP contribution in [0.5, 0.6) is 0 Å². The molecule has 1 saturated carbocycles. The lowest BCUT2D eigenvalue weighted by molar-refractivity contribution is 0.268. The Labute approximate surface area is 111 Å². The number of nitrogens with one attached hydrogen (secondary N) is 1. The number of halogens is 1. The largest absolute Gasteiger partial charge is 0.364 e. The molecule has 2 aromatic rings. The summed E-state index contributed by atoms with van der Waals surface area (Å²) >= 11 is 6.15. The lowest BCUT2D eigenvalue weighted by atomic mass is 9.75. The molecule has 18 heavy (non-hydrogen) atoms. The van der Waals surface area contributed by atoms with Gasteiger partial charge in [0.1, 0.15) is 17.3 Å². The molecular weight excluding hydrogens is 250 g/mol. The Morgan fingerprint density at radius 1 is 1.50 bits per heavy atom. The molecule has 0 aliphatic heterocycles. The van der Waals surface area contributed by atoms with Crippen molar-refractivity contribution in [2.24, 2.45) is 0 Å². The summed E-state index contributed by atoms with van der Waals surface area (Å²) in [7, 11) is 0. The minimum absolute atomic E-state index is 0.189. The van der Waals surface area contributed by atoms with E-state index in [0.717, 1.165) is 17.8 Å². The Hall–Kier alpha value is -1.36. The molecule has 1 aliphatic rings. The quantitative estimate of drug-likeness (QED) is 0.867. The van der Waals surface area contributed by atoms with Gasteiger partial charge in [0.15, 0.2) is 0 Å². The van der Waals surface area contributed by atoms with Crippen LogP contribution in [0, 0.1) is 6.92 Å². The Kier molecular flexibility index (Phi) is 2.66. The third-order valence-electron chi connectivity index (χ3n) is 3.98. The van der Waals surface area contributed by atoms with Crippen LogP contribution in [0.2, 0.25) is 5.15 Å². The van der Waals surface area contributed by atoms with Gasteiger partial charge in [-0.15, -0.1) is 0 Å². The van der Waals surface area contributed by atoms with Crippen LogP contribution in [0.4, 0.5) is 5.82 Å². The van der Waals surface area contributed by atoms with Crippen molar-refractivity contribution in [3.05, 3.63) is 17.0 Å². The van der Waals surface area contributed by atoms with Crippen molar-refractivity contribution in [3.8, 4) is 0 Å². The second-order valence-corrected chi connectivity index (χ2v) is 5.32. The van der Waals surface area contributed by atoms with Gasteiger partial charge in [0.05, 0.1) is 0 Å². The van der Waals surface area contributed by atoms with Crippen LogP contribution in [0.3, 0.4) is 0 Å². The van der Waals surface area contributed by atoms with Crippen molar-refractivity contribution in [3.63, 3.8) is 0 Å². The van der Waals surface area contributed by atoms with E-state index < -0.39 is 0 Å². The molecule has 96 valence electrons. The van der Waals surface area contributed by atoms with E-state index in [4.69, 9.17) is 11.6 Å². The first-order valence-electron chi connectivity index (χ1n) is 6.29. The molecule has 6 heteroatoms. The van der Waals surface area contributed by atoms with Gasteiger partial charge in [0.2, 0.25) is 0 Å². The number of anilines is 1. The van der Waals surface area contributed by atoms with Gasteiger partial charge in [-0.1, -0.05) is 18.5 Å². The summed E-state index contributed by atoms with van der Waals surface area (Å²) < 4.78 is 1.73. The van der Waals surface area contributed by atoms with Crippen molar-refractivity contribution < 1.29 is 0 Å². The molecular formula is C12H16ClN5. The highest BCUT2D eigenvalue weighted by molar-refractivity contribution is 6.30. The van der Waals surface area contributed by atoms with E-state index in [9.17, 15) is 0 Å². The van der Waals surface area contributed by atoms with Gasteiger partial charge in [-0.25, -0.2) is 0 Å². The van der Waals surface area contributed by atoms with Crippen LogP contribution in [0.15, 0.2) is 6.33 Å². The van der Waals surface area contributed by atoms with Gasteiger partial charge in [-0.3, -0.25) is 0 Å². The molecule has 2 aromatic heterocycles. The standard InChI is InChI=1S/C12H16ClN5/c1-3-12(5-4-6-12)17-10-8(2)9(13)16-11-14-7-15-18(10)11/h7,17H,3-6H2,1-2H3. The number of nitrogens with zero attached hydrogens (tertiary/aromatic N) is 4. The fourth-order valence-electron chi connectivity index (χ4n) is 2.47. The van der Waals surface area contributed by atoms with Gasteiger partial charge in [-0.2, -0.15) is 19.6 Å². The van der Waals surface area contributed by atoms with Crippen LogP contribution in [0.1, 0.15) is 38.2 Å². The predicted molar refractivity (Wildman–Crippen MR) is 71.0 cm³/mol. The Bertz CT molecular complexity index is 582. The summed E-state index contributed by atoms with van der Waals surface area (Å²) in [5, 5.41) is 8.32. The Morgan fingerprint density at radius 2 is 2.28 bits per heavy atom. The molecule has 0 unspecified atom stereocenters. The lowest BCUT2D eigenvalue weighted by Crippen LogP contribution is -2.45. The van der Waals surface area contributed by atoms with Gasteiger partial charge in [-0.05, 0) is 32.6 Å². The summed E-state index contributed by atoms with van der Waals surface area (Å²) in [5.41, 5.74) is 1.11. The molecule has 5 nitrogen and oxygen atoms in total. The van der Waals surface area contributed by atoms with Crippen molar-refractivity contribution in [1.29, 1.82) is 0 Å². The molecule has 0 radical (unpaired) electrons. The van der Waals surface area contributed by atoms with E-state index >= 15 is 0 Å². The Balaban J connectivity index is 2.09. The van der Waals surface area contributed by atoms with Crippen LogP contribution in [0.25, 0.3) is 5.78 Å². The number of aromatic nitrogens is 4. The fourth-order valence-corrected chi connectivity index (χ4v) is 2.63. The summed E-state index contributed by atoms with van der Waals surface area (Å²) in [4.78, 5) is 8.31. The second-order valence-electron chi connectivity index (χ2n) is 4.96. The van der Waals surface area contributed by atoms with Crippen LogP contribution in [-0.2, 0) is 0 Å². The monoisotopic (exact) mass is 265 g/mol. The maximum atomic E-state index is 6.15. The maximum absolute atomic E-state index is 6.15. The predicted octanol–water partition coefficient (Wildman–Crippen LogP) is 2.83. The van der Waals surface area contributed by atoms with Crippen molar-refractivity contribution in [2.45, 2.75) is 45.1 Å². The zero-order valence-electron chi connectivity index (χ0n) is 10.6. The number of hydrogen-bond acceptors (Lipinski definition) is 4. The van der Waals surface area contributed by atoms with Gasteiger partial charge in [0.25, 0.3) is 5.78 Å². The van der Waals surface area contributed by atoms with E-state index in [1.54, 1.807) is 4.52 Å². The normalized spacial score (nSPS) is 17.7. The molecule has 0 amide bonds. The molecule has 0 aromatic carbocycles. The van der Waals surface area contributed by atoms with Gasteiger partial charge < -0.3 is 5.32 Å². The smallest absolute Gasteiger partial charge is 0.255 e. The number of rotatable bonds is 3. The topological polar surface area (TPSA) is 55.1 Å². The summed E-state index contributed by atoms with van der Waals surface area (Å²) in [6, 6.07) is 0. The molecule has 1 N–H and O–H groups in total. The van der Waals surface area contributed by atoms with Crippen molar-refractivity contribution in [1.82, 2.24) is 19.6 Å². The summed E-state index contributed by atoms with van der Waals surface area (Å²) in [6.45, 7) is 4.17. The first kappa shape index (κ1) is 11.7. The van der Waals surface area contributed by atoms with Crippen LogP contribution < -0.4 is 5.32 Å². The van der Waals surface area contributed by atoms with Crippen molar-refractivity contribution in [2.75, 3.05) is 5.32 Å². The van der Waals surface area contributed by atoms with E-state index in [-0.39, 0.29) is 5.54 Å². The highest BCUT2D eigenvalue weighted by atomic mass is 35.5. The molecule has 3 rings (SSSR count). The summed E-state index contributed by atoms with van der Waals surface area (Å²) in [6.07, 6.45) is 6.27. The first-order valence-corrected chi connectivity index (χ1v) is 6.67. The van der Waals surface area contributed by atoms with Gasteiger partial charge >= 0.3 is 0 Å². The van der Waals surface area contributed by atoms with Gasteiger partial charge in [0, 0.05) is 11.1 Å². The molecule has 2 heterocycles. The minimum atomic E-state index is 0.189. The van der Waals surface area contributed by atoms with Crippen molar-refractivity contribution >= 4 is 23.2 Å². The van der Waals surface area contributed by atoms with Crippen LogP contribution >= 0.6 is 11.6 Å². The fraction of sp³-hybridized carbons (Fsp3) is 0.583. The van der Waals surface area contributed by atoms with E-state index in [1.807, 2.05) is 6.92 Å². The van der Waals surface area contributed by atoms with E-state index in [2.05, 4.69) is 27.3 Å². The second kappa shape index (κ2) is 4.09. The molecule has 1 fully saturated rings. The Morgan fingerprint density at radius 3 is 2.89 bits per heavy atom. The summed E-state index contributed by atoms with van der Waals surface area (Å²) in [5.74, 6) is 1.46. The maximum Gasteiger partial charge on any atom is 0.255 e. The van der Waals surface area contributed by atoms with E-state index in [0.29, 0.717) is 10.9 Å². The first-order chi connectivity index (χ1) is 8.65. The molecule has 0 saturated heterocycles. The molecule has 0 spiro atoms. The SMILES string of the molecule is CCC1(Nc2c(C)c(Cl)nc3ncnn23)CCC1. The molecule has 0 bridgehead atoms. The molecule has 1 aliphatic carbocycles. The lowest BCUT2D eigenvalue weighted by Gasteiger charge is -2.43. The number of fused-ring (bicyclic) bond motifs is 1. The average molecular weight is 266 g/mol. The minimum Gasteiger partial charge on any atom is -0.364 e. The zero-order valence-corrected chi connectivity index (χ0v) is 11.3. The van der Waals surface area contributed by atoms with Crippen LogP contribution in [-0.4, -0.2) is 25.1 Å². The average Bonchev–Trinajstić information content (AvgIpc) is 2.76. The highest BCUT2D eigenvalue weighted by Gasteiger charge is 2.36. The number of hydrogen-bond donors (Lipinski definition) is 1. The third kappa shape index (κ3) is 1.65. The third-order valence-corrected chi connectivity index (χ3v) is 4.34. The van der Waals surface area contributed by atoms with E-state index in [1.165, 1.54) is 25.6 Å². The zero-order chi connectivity index (χ0) is 12.8. The molecule has 0 atom stereocenters. The highest BCUT2D eigenvalue weighted by Crippen LogP contribution is 2.39.